The lowest BCUT2D eigenvalue weighted by molar-refractivity contribution is -0.131. The van der Waals surface area contributed by atoms with Crippen LogP contribution in [0.25, 0.3) is 0 Å². The third kappa shape index (κ3) is 4.20. The Hall–Kier alpha value is -2.89. The second-order valence-corrected chi connectivity index (χ2v) is 6.23. The minimum atomic E-state index is -0.436. The van der Waals surface area contributed by atoms with Gasteiger partial charge in [0.25, 0.3) is 5.91 Å². The van der Waals surface area contributed by atoms with Gasteiger partial charge in [0.1, 0.15) is 5.82 Å². The predicted molar refractivity (Wildman–Crippen MR) is 99.9 cm³/mol. The molecule has 2 amide bonds. The Kier molecular flexibility index (Phi) is 5.51. The molecule has 1 fully saturated rings. The number of carbonyl (C=O) groups is 2. The van der Waals surface area contributed by atoms with Crippen molar-refractivity contribution < 1.29 is 14.0 Å². The molecule has 0 atom stereocenters. The van der Waals surface area contributed by atoms with Crippen LogP contribution in [0.3, 0.4) is 0 Å². The molecule has 6 heteroatoms. The molecular weight excluding hydrogens is 333 g/mol. The fourth-order valence-corrected chi connectivity index (χ4v) is 3.03. The maximum absolute atomic E-state index is 13.2. The average Bonchev–Trinajstić information content (AvgIpc) is 2.68. The summed E-state index contributed by atoms with van der Waals surface area (Å²) in [5.74, 6) is -0.585. The maximum atomic E-state index is 13.2. The van der Waals surface area contributed by atoms with Crippen LogP contribution in [0.2, 0.25) is 0 Å². The van der Waals surface area contributed by atoms with Gasteiger partial charge in [-0.2, -0.15) is 0 Å². The van der Waals surface area contributed by atoms with E-state index >= 15 is 0 Å². The summed E-state index contributed by atoms with van der Waals surface area (Å²) in [6.45, 7) is 4.92. The van der Waals surface area contributed by atoms with E-state index in [1.807, 2.05) is 36.1 Å². The predicted octanol–water partition coefficient (Wildman–Crippen LogP) is 3.14. The Morgan fingerprint density at radius 3 is 2.35 bits per heavy atom. The van der Waals surface area contributed by atoms with Gasteiger partial charge in [-0.15, -0.1) is 0 Å². The molecule has 0 unspecified atom stereocenters. The number of amides is 2. The van der Waals surface area contributed by atoms with E-state index < -0.39 is 5.82 Å². The summed E-state index contributed by atoms with van der Waals surface area (Å²) in [7, 11) is 0. The van der Waals surface area contributed by atoms with Gasteiger partial charge in [-0.25, -0.2) is 4.39 Å². The van der Waals surface area contributed by atoms with Crippen molar-refractivity contribution in [3.8, 4) is 0 Å². The van der Waals surface area contributed by atoms with E-state index in [4.69, 9.17) is 0 Å². The lowest BCUT2D eigenvalue weighted by Crippen LogP contribution is -2.48. The second kappa shape index (κ2) is 7.99. The van der Waals surface area contributed by atoms with E-state index in [2.05, 4.69) is 10.2 Å². The van der Waals surface area contributed by atoms with Crippen molar-refractivity contribution in [2.24, 2.45) is 0 Å². The number of hydrogen-bond donors (Lipinski definition) is 1. The van der Waals surface area contributed by atoms with Crippen LogP contribution in [0.4, 0.5) is 15.8 Å². The van der Waals surface area contributed by atoms with Crippen molar-refractivity contribution in [3.63, 3.8) is 0 Å². The summed E-state index contributed by atoms with van der Waals surface area (Å²) >= 11 is 0. The molecule has 3 rings (SSSR count). The molecule has 2 aromatic rings. The SMILES string of the molecule is CCC(=O)N1CCN(c2ccc(NC(=O)c3cccc(F)c3)cc2)CC1. The second-order valence-electron chi connectivity index (χ2n) is 6.23. The molecule has 1 N–H and O–H groups in total. The zero-order valence-corrected chi connectivity index (χ0v) is 14.7. The van der Waals surface area contributed by atoms with E-state index in [0.717, 1.165) is 31.9 Å². The first-order valence-electron chi connectivity index (χ1n) is 8.76. The number of anilines is 2. The zero-order valence-electron chi connectivity index (χ0n) is 14.7. The van der Waals surface area contributed by atoms with Gasteiger partial charge < -0.3 is 15.1 Å². The minimum absolute atomic E-state index is 0.194. The molecule has 0 saturated carbocycles. The van der Waals surface area contributed by atoms with Gasteiger partial charge >= 0.3 is 0 Å². The summed E-state index contributed by atoms with van der Waals surface area (Å²) in [6.07, 6.45) is 0.541. The van der Waals surface area contributed by atoms with Crippen molar-refractivity contribution in [2.75, 3.05) is 36.4 Å². The number of nitrogens with zero attached hydrogens (tertiary/aromatic N) is 2. The highest BCUT2D eigenvalue weighted by Crippen LogP contribution is 2.20. The van der Waals surface area contributed by atoms with Crippen LogP contribution in [0.5, 0.6) is 0 Å². The van der Waals surface area contributed by atoms with Gasteiger partial charge in [0.2, 0.25) is 5.91 Å². The first-order chi connectivity index (χ1) is 12.6. The van der Waals surface area contributed by atoms with Crippen molar-refractivity contribution in [1.29, 1.82) is 0 Å². The van der Waals surface area contributed by atoms with E-state index in [-0.39, 0.29) is 17.4 Å². The summed E-state index contributed by atoms with van der Waals surface area (Å²) in [5, 5.41) is 2.77. The summed E-state index contributed by atoms with van der Waals surface area (Å²) in [6, 6.07) is 13.1. The van der Waals surface area contributed by atoms with Crippen LogP contribution in [0.1, 0.15) is 23.7 Å². The third-order valence-corrected chi connectivity index (χ3v) is 4.51. The standard InChI is InChI=1S/C20H22FN3O2/c1-2-19(25)24-12-10-23(11-13-24)18-8-6-17(7-9-18)22-20(26)15-4-3-5-16(21)14-15/h3-9,14H,2,10-13H2,1H3,(H,22,26). The highest BCUT2D eigenvalue weighted by atomic mass is 19.1. The molecule has 26 heavy (non-hydrogen) atoms. The van der Waals surface area contributed by atoms with E-state index in [1.54, 1.807) is 6.07 Å². The molecule has 0 spiro atoms. The molecular formula is C20H22FN3O2. The summed E-state index contributed by atoms with van der Waals surface area (Å²) in [5.41, 5.74) is 1.99. The number of piperazine rings is 1. The first-order valence-corrected chi connectivity index (χ1v) is 8.76. The number of nitrogens with one attached hydrogen (secondary N) is 1. The maximum Gasteiger partial charge on any atom is 0.255 e. The third-order valence-electron chi connectivity index (χ3n) is 4.51. The highest BCUT2D eigenvalue weighted by molar-refractivity contribution is 6.04. The van der Waals surface area contributed by atoms with E-state index in [9.17, 15) is 14.0 Å². The van der Waals surface area contributed by atoms with Crippen LogP contribution in [0, 0.1) is 5.82 Å². The number of hydrogen-bond acceptors (Lipinski definition) is 3. The summed E-state index contributed by atoms with van der Waals surface area (Å²) in [4.78, 5) is 28.0. The van der Waals surface area contributed by atoms with E-state index in [1.165, 1.54) is 18.2 Å². The molecule has 1 heterocycles. The van der Waals surface area contributed by atoms with Crippen molar-refractivity contribution in [2.45, 2.75) is 13.3 Å². The highest BCUT2D eigenvalue weighted by Gasteiger charge is 2.20. The average molecular weight is 355 g/mol. The molecule has 5 nitrogen and oxygen atoms in total. The van der Waals surface area contributed by atoms with Crippen LogP contribution >= 0.6 is 0 Å². The van der Waals surface area contributed by atoms with Crippen LogP contribution < -0.4 is 10.2 Å². The van der Waals surface area contributed by atoms with Gasteiger partial charge in [0.05, 0.1) is 0 Å². The molecule has 1 aliphatic heterocycles. The fourth-order valence-electron chi connectivity index (χ4n) is 3.03. The largest absolute Gasteiger partial charge is 0.368 e. The Morgan fingerprint density at radius 2 is 1.73 bits per heavy atom. The number of halogens is 1. The van der Waals surface area contributed by atoms with Gasteiger partial charge in [-0.05, 0) is 42.5 Å². The lowest BCUT2D eigenvalue weighted by Gasteiger charge is -2.36. The molecule has 0 aromatic heterocycles. The summed E-state index contributed by atoms with van der Waals surface area (Å²) < 4.78 is 13.2. The first kappa shape index (κ1) is 17.9. The van der Waals surface area contributed by atoms with Gasteiger partial charge in [0, 0.05) is 49.5 Å². The van der Waals surface area contributed by atoms with Crippen molar-refractivity contribution in [3.05, 3.63) is 59.9 Å². The van der Waals surface area contributed by atoms with Crippen LogP contribution in [-0.4, -0.2) is 42.9 Å². The van der Waals surface area contributed by atoms with Crippen molar-refractivity contribution >= 4 is 23.2 Å². The van der Waals surface area contributed by atoms with E-state index in [0.29, 0.717) is 12.1 Å². The Balaban J connectivity index is 1.59. The molecule has 2 aromatic carbocycles. The number of carbonyl (C=O) groups excluding carboxylic acids is 2. The van der Waals surface area contributed by atoms with Gasteiger partial charge in [-0.3, -0.25) is 9.59 Å². The Bertz CT molecular complexity index is 784. The lowest BCUT2D eigenvalue weighted by atomic mass is 10.2. The topological polar surface area (TPSA) is 52.7 Å². The molecule has 1 saturated heterocycles. The van der Waals surface area contributed by atoms with Gasteiger partial charge in [0.15, 0.2) is 0 Å². The Morgan fingerprint density at radius 1 is 1.04 bits per heavy atom. The van der Waals surface area contributed by atoms with Crippen LogP contribution in [-0.2, 0) is 4.79 Å². The molecule has 0 radical (unpaired) electrons. The van der Waals surface area contributed by atoms with Crippen molar-refractivity contribution in [1.82, 2.24) is 4.90 Å². The molecule has 136 valence electrons. The quantitative estimate of drug-likeness (QED) is 0.917. The minimum Gasteiger partial charge on any atom is -0.368 e. The van der Waals surface area contributed by atoms with Crippen LogP contribution in [0.15, 0.2) is 48.5 Å². The number of rotatable bonds is 4. The molecule has 0 aliphatic carbocycles. The smallest absolute Gasteiger partial charge is 0.255 e. The monoisotopic (exact) mass is 355 g/mol. The van der Waals surface area contributed by atoms with Gasteiger partial charge in [-0.1, -0.05) is 13.0 Å². The molecule has 1 aliphatic rings. The Labute approximate surface area is 152 Å². The normalized spacial score (nSPS) is 14.2. The molecule has 0 bridgehead atoms. The zero-order chi connectivity index (χ0) is 18.5. The number of benzene rings is 2. The fraction of sp³-hybridized carbons (Fsp3) is 0.300.